The highest BCUT2D eigenvalue weighted by molar-refractivity contribution is 5.98. The number of H-pyrrole nitrogens is 1. The number of hydrogen-bond acceptors (Lipinski definition) is 6. The van der Waals surface area contributed by atoms with Crippen LogP contribution in [0.5, 0.6) is 0 Å². The molecule has 0 bridgehead atoms. The lowest BCUT2D eigenvalue weighted by molar-refractivity contribution is 0.0520. The van der Waals surface area contributed by atoms with Gasteiger partial charge in [0.1, 0.15) is 0 Å². The van der Waals surface area contributed by atoms with Crippen LogP contribution in [0.4, 0.5) is 5.95 Å². The molecule has 0 radical (unpaired) electrons. The number of carbonyl (C=O) groups excluding carboxylic acids is 1. The summed E-state index contributed by atoms with van der Waals surface area (Å²) in [7, 11) is 0. The number of nitrogens with zero attached hydrogens (tertiary/aromatic N) is 2. The van der Waals surface area contributed by atoms with Crippen molar-refractivity contribution in [3.63, 3.8) is 0 Å². The van der Waals surface area contributed by atoms with Crippen LogP contribution in [0.2, 0.25) is 0 Å². The molecular weight excluding hydrogens is 296 g/mol. The molecule has 0 aliphatic rings. The number of ether oxygens (including phenoxy) is 1. The van der Waals surface area contributed by atoms with E-state index in [0.717, 1.165) is 5.56 Å². The number of aromatic nitrogens is 3. The molecule has 116 valence electrons. The van der Waals surface area contributed by atoms with Crippen molar-refractivity contribution >= 4 is 23.0 Å². The van der Waals surface area contributed by atoms with E-state index in [1.165, 1.54) is 6.07 Å². The Morgan fingerprint density at radius 1 is 1.26 bits per heavy atom. The molecule has 7 heteroatoms. The van der Waals surface area contributed by atoms with Crippen molar-refractivity contribution in [3.8, 4) is 11.1 Å². The van der Waals surface area contributed by atoms with E-state index in [-0.39, 0.29) is 29.3 Å². The van der Waals surface area contributed by atoms with Crippen molar-refractivity contribution in [1.82, 2.24) is 15.0 Å². The first kappa shape index (κ1) is 14.7. The maximum absolute atomic E-state index is 12.3. The first-order valence-electron chi connectivity index (χ1n) is 7.03. The molecule has 0 fully saturated rings. The van der Waals surface area contributed by atoms with Crippen molar-refractivity contribution in [2.24, 2.45) is 0 Å². The number of hydrogen-bond donors (Lipinski definition) is 2. The number of benzene rings is 1. The van der Waals surface area contributed by atoms with Gasteiger partial charge < -0.3 is 10.5 Å². The number of rotatable bonds is 3. The SMILES string of the molecule is CCOC(=O)c1cc(-c2ccccc2)c2c(=O)[nH]c(N)nc2n1. The minimum Gasteiger partial charge on any atom is -0.461 e. The van der Waals surface area contributed by atoms with E-state index in [2.05, 4.69) is 15.0 Å². The Labute approximate surface area is 131 Å². The highest BCUT2D eigenvalue weighted by Gasteiger charge is 2.17. The van der Waals surface area contributed by atoms with E-state index in [1.807, 2.05) is 30.3 Å². The van der Waals surface area contributed by atoms with Crippen LogP contribution >= 0.6 is 0 Å². The van der Waals surface area contributed by atoms with Crippen LogP contribution in [0.25, 0.3) is 22.2 Å². The zero-order valence-electron chi connectivity index (χ0n) is 12.4. The number of nitrogens with one attached hydrogen (secondary N) is 1. The van der Waals surface area contributed by atoms with Crippen LogP contribution in [0, 0.1) is 0 Å². The third-order valence-corrected chi connectivity index (χ3v) is 3.26. The molecule has 0 aliphatic heterocycles. The fourth-order valence-corrected chi connectivity index (χ4v) is 2.31. The lowest BCUT2D eigenvalue weighted by atomic mass is 10.0. The van der Waals surface area contributed by atoms with Gasteiger partial charge in [0.2, 0.25) is 5.95 Å². The van der Waals surface area contributed by atoms with E-state index in [0.29, 0.717) is 5.56 Å². The van der Waals surface area contributed by atoms with Crippen molar-refractivity contribution in [1.29, 1.82) is 0 Å². The van der Waals surface area contributed by atoms with E-state index in [9.17, 15) is 9.59 Å². The predicted octanol–water partition coefficient (Wildman–Crippen LogP) is 1.74. The van der Waals surface area contributed by atoms with Gasteiger partial charge in [-0.2, -0.15) is 4.98 Å². The molecule has 2 heterocycles. The van der Waals surface area contributed by atoms with Crippen LogP contribution in [0.3, 0.4) is 0 Å². The number of pyridine rings is 1. The molecule has 0 aliphatic carbocycles. The van der Waals surface area contributed by atoms with Crippen molar-refractivity contribution in [2.75, 3.05) is 12.3 Å². The summed E-state index contributed by atoms with van der Waals surface area (Å²) in [5.74, 6) is -0.637. The van der Waals surface area contributed by atoms with Crippen molar-refractivity contribution in [2.45, 2.75) is 6.92 Å². The molecule has 1 aromatic carbocycles. The summed E-state index contributed by atoms with van der Waals surface area (Å²) in [4.78, 5) is 34.9. The molecular formula is C16H14N4O3. The minimum absolute atomic E-state index is 0.0602. The highest BCUT2D eigenvalue weighted by Crippen LogP contribution is 2.26. The van der Waals surface area contributed by atoms with Crippen molar-refractivity contribution < 1.29 is 9.53 Å². The molecule has 0 unspecified atom stereocenters. The number of esters is 1. The van der Waals surface area contributed by atoms with Gasteiger partial charge in [-0.3, -0.25) is 9.78 Å². The monoisotopic (exact) mass is 310 g/mol. The lowest BCUT2D eigenvalue weighted by Gasteiger charge is -2.09. The summed E-state index contributed by atoms with van der Waals surface area (Å²) in [6.07, 6.45) is 0. The fourth-order valence-electron chi connectivity index (χ4n) is 2.31. The number of anilines is 1. The van der Waals surface area contributed by atoms with E-state index < -0.39 is 11.5 Å². The van der Waals surface area contributed by atoms with Gasteiger partial charge in [0.05, 0.1) is 12.0 Å². The topological polar surface area (TPSA) is 111 Å². The second kappa shape index (κ2) is 5.88. The number of nitrogens with two attached hydrogens (primary N) is 1. The molecule has 0 amide bonds. The Morgan fingerprint density at radius 3 is 2.70 bits per heavy atom. The van der Waals surface area contributed by atoms with E-state index in [4.69, 9.17) is 10.5 Å². The third kappa shape index (κ3) is 2.76. The van der Waals surface area contributed by atoms with Gasteiger partial charge in [0.15, 0.2) is 11.3 Å². The van der Waals surface area contributed by atoms with E-state index >= 15 is 0 Å². The van der Waals surface area contributed by atoms with Gasteiger partial charge in [-0.25, -0.2) is 9.78 Å². The fraction of sp³-hybridized carbons (Fsp3) is 0.125. The Bertz CT molecular complexity index is 935. The molecule has 3 aromatic rings. The molecule has 0 saturated carbocycles. The number of nitrogen functional groups attached to an aromatic ring is 1. The van der Waals surface area contributed by atoms with Crippen LogP contribution in [0.1, 0.15) is 17.4 Å². The maximum Gasteiger partial charge on any atom is 0.357 e. The smallest absolute Gasteiger partial charge is 0.357 e. The Balaban J connectivity index is 2.35. The molecule has 0 spiro atoms. The molecule has 0 atom stereocenters. The van der Waals surface area contributed by atoms with Crippen molar-refractivity contribution in [3.05, 3.63) is 52.4 Å². The molecule has 0 saturated heterocycles. The summed E-state index contributed by atoms with van der Waals surface area (Å²) in [6.45, 7) is 1.93. The molecule has 3 N–H and O–H groups in total. The maximum atomic E-state index is 12.3. The standard InChI is InChI=1S/C16H14N4O3/c1-2-23-15(22)11-8-10(9-6-4-3-5-7-9)12-13(18-11)19-16(17)20-14(12)21/h3-8H,2H2,1H3,(H3,17,18,19,20,21). The lowest BCUT2D eigenvalue weighted by Crippen LogP contribution is -2.15. The molecule has 2 aromatic heterocycles. The van der Waals surface area contributed by atoms with Crippen LogP contribution in [0.15, 0.2) is 41.2 Å². The highest BCUT2D eigenvalue weighted by atomic mass is 16.5. The minimum atomic E-state index is -0.577. The Morgan fingerprint density at radius 2 is 2.00 bits per heavy atom. The van der Waals surface area contributed by atoms with Gasteiger partial charge in [-0.15, -0.1) is 0 Å². The van der Waals surface area contributed by atoms with Crippen LogP contribution in [-0.2, 0) is 4.74 Å². The predicted molar refractivity (Wildman–Crippen MR) is 86.0 cm³/mol. The Hall–Kier alpha value is -3.22. The third-order valence-electron chi connectivity index (χ3n) is 3.26. The number of aromatic amines is 1. The second-order valence-corrected chi connectivity index (χ2v) is 4.79. The van der Waals surface area contributed by atoms with E-state index in [1.54, 1.807) is 6.92 Å². The summed E-state index contributed by atoms with van der Waals surface area (Å²) in [5, 5.41) is 0.276. The zero-order chi connectivity index (χ0) is 16.4. The number of fused-ring (bicyclic) bond motifs is 1. The van der Waals surface area contributed by atoms with Gasteiger partial charge in [-0.1, -0.05) is 30.3 Å². The molecule has 7 nitrogen and oxygen atoms in total. The number of carbonyl (C=O) groups is 1. The first-order chi connectivity index (χ1) is 11.1. The average molecular weight is 310 g/mol. The van der Waals surface area contributed by atoms with Crippen LogP contribution < -0.4 is 11.3 Å². The largest absolute Gasteiger partial charge is 0.461 e. The quantitative estimate of drug-likeness (QED) is 0.713. The Kier molecular flexibility index (Phi) is 3.76. The first-order valence-corrected chi connectivity index (χ1v) is 7.03. The van der Waals surface area contributed by atoms with Gasteiger partial charge in [-0.05, 0) is 18.6 Å². The summed E-state index contributed by atoms with van der Waals surface area (Å²) >= 11 is 0. The van der Waals surface area contributed by atoms with Crippen LogP contribution in [-0.4, -0.2) is 27.5 Å². The summed E-state index contributed by atoms with van der Waals surface area (Å²) < 4.78 is 4.98. The van der Waals surface area contributed by atoms with Gasteiger partial charge in [0.25, 0.3) is 5.56 Å². The normalized spacial score (nSPS) is 10.7. The summed E-state index contributed by atoms with van der Waals surface area (Å²) in [6, 6.07) is 10.7. The second-order valence-electron chi connectivity index (χ2n) is 4.79. The van der Waals surface area contributed by atoms with Gasteiger partial charge in [0, 0.05) is 5.56 Å². The molecule has 3 rings (SSSR count). The van der Waals surface area contributed by atoms with Gasteiger partial charge >= 0.3 is 5.97 Å². The zero-order valence-corrected chi connectivity index (χ0v) is 12.4. The summed E-state index contributed by atoms with van der Waals surface area (Å²) in [5.41, 5.74) is 6.67. The average Bonchev–Trinajstić information content (AvgIpc) is 2.54. The molecule has 23 heavy (non-hydrogen) atoms.